The Kier molecular flexibility index (Phi) is 17.2. The third-order valence-electron chi connectivity index (χ3n) is 10.4. The lowest BCUT2D eigenvalue weighted by atomic mass is 9.79. The van der Waals surface area contributed by atoms with Gasteiger partial charge in [-0.25, -0.2) is 9.59 Å². The van der Waals surface area contributed by atoms with E-state index in [0.29, 0.717) is 54.3 Å². The van der Waals surface area contributed by atoms with Crippen molar-refractivity contribution in [3.63, 3.8) is 0 Å². The first-order chi connectivity index (χ1) is 30.9. The minimum absolute atomic E-state index is 0.0388. The monoisotopic (exact) mass is 966 g/mol. The maximum atomic E-state index is 12.2. The van der Waals surface area contributed by atoms with Crippen LogP contribution in [0, 0.1) is 0 Å². The van der Waals surface area contributed by atoms with E-state index in [1.807, 2.05) is 124 Å². The molecule has 0 bridgehead atoms. The summed E-state index contributed by atoms with van der Waals surface area (Å²) < 4.78 is 23.5. The molecule has 3 aliphatic heterocycles. The van der Waals surface area contributed by atoms with Gasteiger partial charge in [-0.3, -0.25) is 19.6 Å². The van der Waals surface area contributed by atoms with E-state index >= 15 is 0 Å². The Labute approximate surface area is 396 Å². The molecule has 0 aromatic carbocycles. The molecule has 0 N–H and O–H groups in total. The number of hydrogen-bond acceptors (Lipinski definition) is 14. The van der Waals surface area contributed by atoms with Crippen LogP contribution in [-0.4, -0.2) is 120 Å². The van der Waals surface area contributed by atoms with E-state index in [0.717, 1.165) is 22.4 Å². The molecule has 7 heterocycles. The molecule has 7 rings (SSSR count). The third kappa shape index (κ3) is 16.0. The molecule has 18 heteroatoms. The van der Waals surface area contributed by atoms with Crippen molar-refractivity contribution < 1.29 is 38.0 Å². The molecule has 0 unspecified atom stereocenters. The predicted molar refractivity (Wildman–Crippen MR) is 253 cm³/mol. The fraction of sp³-hybridized carbons (Fsp3) is 0.458. The molecule has 0 atom stereocenters. The summed E-state index contributed by atoms with van der Waals surface area (Å²) >= 11 is 3.20. The van der Waals surface area contributed by atoms with Crippen LogP contribution in [0.3, 0.4) is 0 Å². The molecule has 66 heavy (non-hydrogen) atoms. The first-order valence-electron chi connectivity index (χ1n) is 21.8. The number of carbonyl (C=O) groups is 4. The first kappa shape index (κ1) is 51.3. The fourth-order valence-electron chi connectivity index (χ4n) is 6.42. The van der Waals surface area contributed by atoms with Gasteiger partial charge in [-0.05, 0) is 145 Å². The van der Waals surface area contributed by atoms with Crippen molar-refractivity contribution in [1.82, 2.24) is 40.2 Å². The van der Waals surface area contributed by atoms with E-state index in [1.165, 1.54) is 0 Å². The van der Waals surface area contributed by atoms with E-state index in [2.05, 4.69) is 46.3 Å². The largest absolute Gasteiger partial charge is 0.492 e. The molecule has 3 aliphatic rings. The van der Waals surface area contributed by atoms with Crippen molar-refractivity contribution in [3.8, 4) is 0 Å². The van der Waals surface area contributed by atoms with Crippen LogP contribution in [0.25, 0.3) is 5.57 Å². The van der Waals surface area contributed by atoms with Crippen LogP contribution in [0.1, 0.15) is 97.7 Å². The summed E-state index contributed by atoms with van der Waals surface area (Å²) in [5.74, 6) is 0.122. The van der Waals surface area contributed by atoms with E-state index in [9.17, 15) is 19.2 Å². The highest BCUT2D eigenvalue weighted by molar-refractivity contribution is 9.10. The lowest BCUT2D eigenvalue weighted by molar-refractivity contribution is -0.118. The van der Waals surface area contributed by atoms with Gasteiger partial charge in [0, 0.05) is 56.3 Å². The average molecular weight is 968 g/mol. The van der Waals surface area contributed by atoms with Gasteiger partial charge in [-0.2, -0.15) is 15.3 Å². The van der Waals surface area contributed by atoms with Gasteiger partial charge in [0.1, 0.15) is 27.4 Å². The van der Waals surface area contributed by atoms with Crippen molar-refractivity contribution >= 4 is 52.4 Å². The molecular formula is C48H60BBrN8O8. The summed E-state index contributed by atoms with van der Waals surface area (Å²) in [6.45, 7) is 21.1. The second-order valence-electron chi connectivity index (χ2n) is 19.0. The molecule has 2 amide bonds. The molecule has 4 aromatic heterocycles. The molecule has 0 saturated carbocycles. The van der Waals surface area contributed by atoms with Gasteiger partial charge in [0.25, 0.3) is 0 Å². The highest BCUT2D eigenvalue weighted by Crippen LogP contribution is 2.39. The molecule has 0 aliphatic carbocycles. The molecule has 1 fully saturated rings. The van der Waals surface area contributed by atoms with Crippen LogP contribution in [0.2, 0.25) is 0 Å². The Balaban J connectivity index is 0.000000192. The van der Waals surface area contributed by atoms with Crippen LogP contribution in [0.15, 0.2) is 95.3 Å². The minimum Gasteiger partial charge on any atom is -0.444 e. The van der Waals surface area contributed by atoms with Gasteiger partial charge in [-0.1, -0.05) is 24.3 Å². The number of pyridine rings is 2. The number of carbonyl (C=O) groups excluding carboxylic acids is 4. The standard InChI is InChI=1S/C21H24N4O3.C15H26BNO4.C12H10BrN3O/c1-21(2,3)28-20(27)25-11-9-15(14-25)19-8-7-17(23-24-19)13-18(26)12-16-6-4-5-10-22-16;1-13(2,3)19-12(18)17-9-8-11(10-17)16-20-14(4,5)15(6,7)21-16;13-12-5-4-10(15-16-12)8-11(17)7-9-3-1-2-6-14-9/h4-10H,11-14H2,1-3H3;8H,9-10H2,1-7H3;1-6H,7-8H2. The molecular weight excluding hydrogens is 907 g/mol. The highest BCUT2D eigenvalue weighted by Gasteiger charge is 2.53. The summed E-state index contributed by atoms with van der Waals surface area (Å²) in [7, 11) is -0.387. The number of amides is 2. The predicted octanol–water partition coefficient (Wildman–Crippen LogP) is 7.64. The van der Waals surface area contributed by atoms with Gasteiger partial charge < -0.3 is 28.6 Å². The Morgan fingerprint density at radius 2 is 1.09 bits per heavy atom. The number of nitrogens with zero attached hydrogens (tertiary/aromatic N) is 8. The summed E-state index contributed by atoms with van der Waals surface area (Å²) in [5, 5.41) is 16.2. The number of ether oxygens (including phenoxy) is 2. The topological polar surface area (TPSA) is 189 Å². The van der Waals surface area contributed by atoms with Gasteiger partial charge >= 0.3 is 19.3 Å². The van der Waals surface area contributed by atoms with Crippen LogP contribution in [0.5, 0.6) is 0 Å². The van der Waals surface area contributed by atoms with Crippen LogP contribution < -0.4 is 0 Å². The Hall–Kier alpha value is -5.72. The molecule has 0 radical (unpaired) electrons. The number of Topliss-reactive ketones (excluding diaryl/α,β-unsaturated/α-hetero) is 2. The molecule has 0 spiro atoms. The normalized spacial score (nSPS) is 16.3. The van der Waals surface area contributed by atoms with Crippen LogP contribution >= 0.6 is 15.9 Å². The van der Waals surface area contributed by atoms with Gasteiger partial charge in [-0.15, -0.1) is 5.10 Å². The third-order valence-corrected chi connectivity index (χ3v) is 10.9. The Morgan fingerprint density at radius 3 is 1.53 bits per heavy atom. The molecule has 4 aromatic rings. The summed E-state index contributed by atoms with van der Waals surface area (Å²) in [5.41, 5.74) is 3.69. The second kappa shape index (κ2) is 22.2. The summed E-state index contributed by atoms with van der Waals surface area (Å²) in [4.78, 5) is 59.7. The van der Waals surface area contributed by atoms with E-state index in [4.69, 9.17) is 18.8 Å². The average Bonchev–Trinajstić information content (AvgIpc) is 3.98. The lowest BCUT2D eigenvalue weighted by Crippen LogP contribution is -2.41. The van der Waals surface area contributed by atoms with Crippen LogP contribution in [0.4, 0.5) is 9.59 Å². The summed E-state index contributed by atoms with van der Waals surface area (Å²) in [6, 6.07) is 18.2. The second-order valence-corrected chi connectivity index (χ2v) is 19.8. The maximum absolute atomic E-state index is 12.2. The van der Waals surface area contributed by atoms with Gasteiger partial charge in [0.15, 0.2) is 0 Å². The number of rotatable bonds is 10. The zero-order valence-corrected chi connectivity index (χ0v) is 41.1. The van der Waals surface area contributed by atoms with Gasteiger partial charge in [0.05, 0.1) is 47.7 Å². The number of halogens is 1. The van der Waals surface area contributed by atoms with Crippen LogP contribution in [-0.2, 0) is 54.1 Å². The summed E-state index contributed by atoms with van der Waals surface area (Å²) in [6.07, 6.45) is 7.76. The Bertz CT molecular complexity index is 2340. The molecule has 16 nitrogen and oxygen atoms in total. The fourth-order valence-corrected chi connectivity index (χ4v) is 6.63. The maximum Gasteiger partial charge on any atom is 0.492 e. The van der Waals surface area contributed by atoms with Crippen molar-refractivity contribution in [2.45, 2.75) is 117 Å². The zero-order chi connectivity index (χ0) is 48.3. The first-order valence-corrected chi connectivity index (χ1v) is 22.6. The van der Waals surface area contributed by atoms with Crippen molar-refractivity contribution in [3.05, 3.63) is 124 Å². The number of aromatic nitrogens is 6. The van der Waals surface area contributed by atoms with E-state index in [1.54, 1.807) is 40.4 Å². The SMILES string of the molecule is CC(C)(C)OC(=O)N1CC=C(B2OC(C)(C)C(C)(C)O2)C1.CC(C)(C)OC(=O)N1CC=C(c2ccc(CC(=O)Cc3ccccn3)nn2)C1.O=C(Cc1ccccn1)Cc1ccc(Br)nn1. The number of hydrogen-bond donors (Lipinski definition) is 0. The lowest BCUT2D eigenvalue weighted by Gasteiger charge is -2.32. The zero-order valence-electron chi connectivity index (χ0n) is 39.5. The quantitative estimate of drug-likeness (QED) is 0.141. The molecule has 350 valence electrons. The van der Waals surface area contributed by atoms with Crippen molar-refractivity contribution in [2.24, 2.45) is 0 Å². The van der Waals surface area contributed by atoms with Crippen molar-refractivity contribution in [2.75, 3.05) is 26.2 Å². The number of ketones is 2. The highest BCUT2D eigenvalue weighted by atomic mass is 79.9. The smallest absolute Gasteiger partial charge is 0.444 e. The van der Waals surface area contributed by atoms with Gasteiger partial charge in [0.2, 0.25) is 0 Å². The molecule has 1 saturated heterocycles. The minimum atomic E-state index is -0.525. The Morgan fingerprint density at radius 1 is 0.621 bits per heavy atom. The van der Waals surface area contributed by atoms with Crippen molar-refractivity contribution in [1.29, 1.82) is 0 Å². The van der Waals surface area contributed by atoms with E-state index in [-0.39, 0.29) is 61.3 Å². The van der Waals surface area contributed by atoms with E-state index < -0.39 is 11.2 Å².